The molecule has 1 N–H and O–H groups in total. The molecule has 5 rings (SSSR count). The highest BCUT2D eigenvalue weighted by atomic mass is 16.1. The number of amides is 1. The van der Waals surface area contributed by atoms with Crippen LogP contribution in [0.3, 0.4) is 0 Å². The Hall–Kier alpha value is -3.24. The Morgan fingerprint density at radius 1 is 0.970 bits per heavy atom. The molecule has 0 spiro atoms. The third-order valence-electron chi connectivity index (χ3n) is 6.83. The number of rotatable bonds is 6. The first-order valence-corrected chi connectivity index (χ1v) is 11.9. The normalized spacial score (nSPS) is 16.4. The van der Waals surface area contributed by atoms with Crippen LogP contribution in [0.4, 0.5) is 0 Å². The fourth-order valence-electron chi connectivity index (χ4n) is 4.95. The average Bonchev–Trinajstić information content (AvgIpc) is 3.48. The highest BCUT2D eigenvalue weighted by Crippen LogP contribution is 2.27. The molecular weight excluding hydrogens is 406 g/mol. The number of nitrogens with zero attached hydrogens (tertiary/aromatic N) is 2. The molecule has 0 bridgehead atoms. The van der Waals surface area contributed by atoms with E-state index in [4.69, 9.17) is 0 Å². The summed E-state index contributed by atoms with van der Waals surface area (Å²) in [6.07, 6.45) is 2.48. The average molecular weight is 438 g/mol. The van der Waals surface area contributed by atoms with Crippen molar-refractivity contribution in [2.75, 3.05) is 19.6 Å². The van der Waals surface area contributed by atoms with E-state index < -0.39 is 0 Å². The fraction of sp³-hybridized carbons (Fsp3) is 0.310. The fourth-order valence-corrected chi connectivity index (χ4v) is 4.95. The number of hydrogen-bond acceptors (Lipinski definition) is 3. The van der Waals surface area contributed by atoms with E-state index in [1.165, 1.54) is 35.1 Å². The van der Waals surface area contributed by atoms with Crippen LogP contribution in [0.15, 0.2) is 71.7 Å². The molecule has 0 aliphatic carbocycles. The van der Waals surface area contributed by atoms with Crippen LogP contribution in [0, 0.1) is 6.92 Å². The molecule has 2 aliphatic heterocycles. The number of aliphatic imine (C=N–C) groups is 1. The molecule has 168 valence electrons. The van der Waals surface area contributed by atoms with Crippen LogP contribution in [-0.4, -0.2) is 36.2 Å². The van der Waals surface area contributed by atoms with Gasteiger partial charge in [0.15, 0.2) is 0 Å². The number of likely N-dealkylation sites (tertiary alicyclic amines) is 1. The van der Waals surface area contributed by atoms with Gasteiger partial charge in [0.05, 0.1) is 12.6 Å². The van der Waals surface area contributed by atoms with Gasteiger partial charge in [-0.05, 0) is 80.2 Å². The van der Waals surface area contributed by atoms with Crippen molar-refractivity contribution in [2.45, 2.75) is 39.3 Å². The van der Waals surface area contributed by atoms with E-state index in [1.807, 2.05) is 18.2 Å². The number of nitrogens with one attached hydrogen (secondary N) is 1. The van der Waals surface area contributed by atoms with Crippen LogP contribution >= 0.6 is 0 Å². The molecule has 1 fully saturated rings. The van der Waals surface area contributed by atoms with Crippen molar-refractivity contribution in [3.63, 3.8) is 0 Å². The summed E-state index contributed by atoms with van der Waals surface area (Å²) in [5.41, 5.74) is 8.82. The first-order chi connectivity index (χ1) is 16.1. The summed E-state index contributed by atoms with van der Waals surface area (Å²) in [4.78, 5) is 20.4. The van der Waals surface area contributed by atoms with Gasteiger partial charge in [-0.25, -0.2) is 0 Å². The Balaban J connectivity index is 1.39. The molecule has 0 aromatic heterocycles. The van der Waals surface area contributed by atoms with E-state index in [0.717, 1.165) is 43.0 Å². The minimum atomic E-state index is -0.0296. The molecule has 1 atom stereocenters. The van der Waals surface area contributed by atoms with Gasteiger partial charge in [0, 0.05) is 23.4 Å². The zero-order valence-corrected chi connectivity index (χ0v) is 19.5. The molecule has 0 saturated carbocycles. The number of benzene rings is 3. The number of aryl methyl sites for hydroxylation is 1. The SMILES string of the molecule is CC1=NCc2ccc(-c3cccc(C(=O)NC(CN4CCCC4)c4cccc(C)c4)c3)cc21. The Morgan fingerprint density at radius 3 is 2.58 bits per heavy atom. The molecule has 3 aromatic carbocycles. The lowest BCUT2D eigenvalue weighted by molar-refractivity contribution is 0.0927. The van der Waals surface area contributed by atoms with Crippen LogP contribution < -0.4 is 5.32 Å². The second-order valence-corrected chi connectivity index (χ2v) is 9.30. The lowest BCUT2D eigenvalue weighted by Gasteiger charge is -2.25. The van der Waals surface area contributed by atoms with E-state index >= 15 is 0 Å². The smallest absolute Gasteiger partial charge is 0.251 e. The van der Waals surface area contributed by atoms with Crippen LogP contribution in [-0.2, 0) is 6.54 Å². The predicted molar refractivity (Wildman–Crippen MR) is 135 cm³/mol. The Labute approximate surface area is 196 Å². The maximum absolute atomic E-state index is 13.4. The summed E-state index contributed by atoms with van der Waals surface area (Å²) < 4.78 is 0. The maximum Gasteiger partial charge on any atom is 0.251 e. The maximum atomic E-state index is 13.4. The molecule has 0 radical (unpaired) electrons. The summed E-state index contributed by atoms with van der Waals surface area (Å²) in [5.74, 6) is -0.0264. The number of fused-ring (bicyclic) bond motifs is 1. The van der Waals surface area contributed by atoms with Gasteiger partial charge in [-0.3, -0.25) is 9.79 Å². The van der Waals surface area contributed by atoms with Crippen molar-refractivity contribution < 1.29 is 4.79 Å². The molecule has 33 heavy (non-hydrogen) atoms. The third kappa shape index (κ3) is 4.76. The summed E-state index contributed by atoms with van der Waals surface area (Å²) in [7, 11) is 0. The van der Waals surface area contributed by atoms with Crippen LogP contribution in [0.25, 0.3) is 11.1 Å². The molecular formula is C29H31N3O. The minimum absolute atomic E-state index is 0.0264. The monoisotopic (exact) mass is 437 g/mol. The highest BCUT2D eigenvalue weighted by molar-refractivity contribution is 6.03. The molecule has 1 saturated heterocycles. The first-order valence-electron chi connectivity index (χ1n) is 11.9. The van der Waals surface area contributed by atoms with Gasteiger partial charge in [-0.1, -0.05) is 54.1 Å². The van der Waals surface area contributed by atoms with Crippen molar-refractivity contribution in [1.82, 2.24) is 10.2 Å². The summed E-state index contributed by atoms with van der Waals surface area (Å²) in [6, 6.07) is 22.9. The quantitative estimate of drug-likeness (QED) is 0.549. The van der Waals surface area contributed by atoms with Gasteiger partial charge in [-0.2, -0.15) is 0 Å². The van der Waals surface area contributed by atoms with E-state index in [2.05, 4.69) is 77.6 Å². The van der Waals surface area contributed by atoms with Crippen molar-refractivity contribution in [1.29, 1.82) is 0 Å². The zero-order chi connectivity index (χ0) is 22.8. The largest absolute Gasteiger partial charge is 0.344 e. The second kappa shape index (κ2) is 9.32. The summed E-state index contributed by atoms with van der Waals surface area (Å²) in [6.45, 7) is 7.99. The minimum Gasteiger partial charge on any atom is -0.344 e. The third-order valence-corrected chi connectivity index (χ3v) is 6.83. The molecule has 1 amide bonds. The number of hydrogen-bond donors (Lipinski definition) is 1. The van der Waals surface area contributed by atoms with E-state index in [0.29, 0.717) is 5.56 Å². The van der Waals surface area contributed by atoms with Gasteiger partial charge in [0.25, 0.3) is 5.91 Å². The Bertz CT molecular complexity index is 1210. The standard InChI is InChI=1S/C29H31N3O/c1-20-7-5-9-24(15-20)28(19-32-13-3-4-14-32)31-29(33)25-10-6-8-22(16-25)23-11-12-26-18-30-21(2)27(26)17-23/h5-12,15-17,28H,3-4,13-14,18-19H2,1-2H3,(H,31,33). The molecule has 2 aliphatic rings. The second-order valence-electron chi connectivity index (χ2n) is 9.30. The lowest BCUT2D eigenvalue weighted by Crippen LogP contribution is -2.37. The first kappa shape index (κ1) is 21.6. The molecule has 3 aromatic rings. The Kier molecular flexibility index (Phi) is 6.10. The Morgan fingerprint density at radius 2 is 1.76 bits per heavy atom. The predicted octanol–water partition coefficient (Wildman–Crippen LogP) is 5.55. The van der Waals surface area contributed by atoms with E-state index in [-0.39, 0.29) is 11.9 Å². The summed E-state index contributed by atoms with van der Waals surface area (Å²) in [5, 5.41) is 3.33. The number of carbonyl (C=O) groups is 1. The van der Waals surface area contributed by atoms with Gasteiger partial charge in [0.2, 0.25) is 0 Å². The van der Waals surface area contributed by atoms with Crippen molar-refractivity contribution in [3.05, 3.63) is 94.5 Å². The summed E-state index contributed by atoms with van der Waals surface area (Å²) >= 11 is 0. The van der Waals surface area contributed by atoms with Crippen LogP contribution in [0.1, 0.15) is 58.4 Å². The number of carbonyl (C=O) groups excluding carboxylic acids is 1. The van der Waals surface area contributed by atoms with E-state index in [9.17, 15) is 4.79 Å². The van der Waals surface area contributed by atoms with Gasteiger partial charge >= 0.3 is 0 Å². The molecule has 4 nitrogen and oxygen atoms in total. The van der Waals surface area contributed by atoms with E-state index in [1.54, 1.807) is 0 Å². The van der Waals surface area contributed by atoms with Gasteiger partial charge in [0.1, 0.15) is 0 Å². The molecule has 4 heteroatoms. The lowest BCUT2D eigenvalue weighted by atomic mass is 9.97. The van der Waals surface area contributed by atoms with Crippen molar-refractivity contribution in [2.24, 2.45) is 4.99 Å². The zero-order valence-electron chi connectivity index (χ0n) is 19.5. The van der Waals surface area contributed by atoms with Crippen molar-refractivity contribution >= 4 is 11.6 Å². The highest BCUT2D eigenvalue weighted by Gasteiger charge is 2.22. The van der Waals surface area contributed by atoms with Crippen molar-refractivity contribution in [3.8, 4) is 11.1 Å². The van der Waals surface area contributed by atoms with Crippen LogP contribution in [0.2, 0.25) is 0 Å². The van der Waals surface area contributed by atoms with Crippen LogP contribution in [0.5, 0.6) is 0 Å². The molecule has 1 unspecified atom stereocenters. The van der Waals surface area contributed by atoms with Gasteiger partial charge < -0.3 is 10.2 Å². The molecule has 2 heterocycles. The topological polar surface area (TPSA) is 44.7 Å². The van der Waals surface area contributed by atoms with Gasteiger partial charge in [-0.15, -0.1) is 0 Å².